The summed E-state index contributed by atoms with van der Waals surface area (Å²) < 4.78 is 168. The maximum atomic E-state index is 12.7. The lowest BCUT2D eigenvalue weighted by Crippen LogP contribution is -2.35. The van der Waals surface area contributed by atoms with Crippen LogP contribution in [0, 0.1) is 64.1 Å². The van der Waals surface area contributed by atoms with E-state index in [1.165, 1.54) is 72.8 Å². The normalized spacial score (nSPS) is 17.9. The summed E-state index contributed by atoms with van der Waals surface area (Å²) >= 11 is 0. The molecule has 0 saturated heterocycles. The zero-order valence-corrected chi connectivity index (χ0v) is 78.9. The molecule has 4 heterocycles. The summed E-state index contributed by atoms with van der Waals surface area (Å²) in [6, 6.07) is 31.0. The maximum absolute atomic E-state index is 12.7. The molecule has 786 valence electrons. The number of aromatic carboxylic acids is 1. The minimum atomic E-state index is -4.85. The van der Waals surface area contributed by atoms with Crippen molar-refractivity contribution in [2.24, 2.45) is 23.7 Å². The van der Waals surface area contributed by atoms with E-state index in [0.29, 0.717) is 63.2 Å². The maximum Gasteiger partial charge on any atom is 0.573 e. The van der Waals surface area contributed by atoms with Gasteiger partial charge in [0.1, 0.15) is 47.8 Å². The summed E-state index contributed by atoms with van der Waals surface area (Å²) in [4.78, 5) is 97.7. The van der Waals surface area contributed by atoms with Gasteiger partial charge in [0.2, 0.25) is 47.1 Å². The van der Waals surface area contributed by atoms with Gasteiger partial charge in [-0.3, -0.25) is 45.3 Å². The van der Waals surface area contributed by atoms with Gasteiger partial charge in [0, 0.05) is 112 Å². The number of para-hydroxylation sites is 4. The summed E-state index contributed by atoms with van der Waals surface area (Å²) in [5.41, 5.74) is 0.896. The quantitative estimate of drug-likeness (QED) is 0.00729. The number of hydrogen-bond donors (Lipinski definition) is 14. The molecule has 0 atom stereocenters. The molecule has 0 unspecified atom stereocenters. The highest BCUT2D eigenvalue weighted by atomic mass is 19.4. The van der Waals surface area contributed by atoms with Gasteiger partial charge >= 0.3 is 60.1 Å². The number of aliphatic carboxylic acids is 1. The number of carbonyl (C=O) groups is 2. The largest absolute Gasteiger partial charge is 0.573 e. The minimum Gasteiger partial charge on any atom is -0.481 e. The molecule has 4 saturated carbocycles. The van der Waals surface area contributed by atoms with Crippen molar-refractivity contribution in [3.63, 3.8) is 0 Å². The number of benzene rings is 5. The van der Waals surface area contributed by atoms with Crippen LogP contribution in [0.4, 0.5) is 122 Å². The lowest BCUT2D eigenvalue weighted by Gasteiger charge is -2.29. The summed E-state index contributed by atoms with van der Waals surface area (Å²) in [7, 11) is 0. The molecule has 0 aliphatic heterocycles. The van der Waals surface area contributed by atoms with E-state index < -0.39 is 57.1 Å². The van der Waals surface area contributed by atoms with Crippen molar-refractivity contribution in [3.05, 3.63) is 220 Å². The molecule has 40 nitrogen and oxygen atoms in total. The van der Waals surface area contributed by atoms with Gasteiger partial charge in [-0.2, -0.15) is 19.9 Å². The Labute approximate surface area is 823 Å². The highest BCUT2D eigenvalue weighted by Crippen LogP contribution is 2.38. The minimum absolute atomic E-state index is 0.0104. The Balaban J connectivity index is 0.000000199. The summed E-state index contributed by atoms with van der Waals surface area (Å²) in [5.74, 6) is -1.66. The SMILES string of the molecule is CCCCNC1CCC(CNc2nc(NCc3ccccc3OC(F)(F)F)ncc2[N+](=O)[O-])CC1.CCNC1CCC(CNc2nc(NCc3ccccc3OC(F)(F)F)ncc2[N+](=O)[O-])CC1.O=C(O)CCNC1CCC(CNc2nc(NCc3ccccc3OC(F)(F)F)ncc2[N+](=O)[O-])CC1.O=C(O)c1cccc(CNC2CCC(CNc3nc(NCc4ccccc4OC(F)(F)F)ncc3[N+](=O)[O-])CC2)c1. The van der Waals surface area contributed by atoms with Gasteiger partial charge in [-0.1, -0.05) is 105 Å². The van der Waals surface area contributed by atoms with Gasteiger partial charge in [0.05, 0.1) is 31.7 Å². The van der Waals surface area contributed by atoms with Crippen LogP contribution in [-0.4, -0.2) is 177 Å². The number of unbranched alkanes of at least 4 members (excludes halogenated alkanes) is 1. The third-order valence-corrected chi connectivity index (χ3v) is 24.0. The Morgan fingerprint density at radius 2 is 0.634 bits per heavy atom. The van der Waals surface area contributed by atoms with Gasteiger partial charge in [-0.15, -0.1) is 52.7 Å². The molecule has 52 heteroatoms. The molecule has 13 rings (SSSR count). The van der Waals surface area contributed by atoms with Crippen molar-refractivity contribution in [2.45, 2.75) is 218 Å². The molecule has 4 aromatic heterocycles. The second-order valence-corrected chi connectivity index (χ2v) is 34.5. The molecule has 145 heavy (non-hydrogen) atoms. The van der Waals surface area contributed by atoms with Crippen LogP contribution in [0.25, 0.3) is 0 Å². The van der Waals surface area contributed by atoms with Crippen LogP contribution in [0.5, 0.6) is 23.0 Å². The van der Waals surface area contributed by atoms with E-state index >= 15 is 0 Å². The van der Waals surface area contributed by atoms with E-state index in [2.05, 4.69) is 136 Å². The van der Waals surface area contributed by atoms with Crippen molar-refractivity contribution >= 4 is 81.8 Å². The molecule has 4 aliphatic carbocycles. The second kappa shape index (κ2) is 55.4. The average Bonchev–Trinajstić information content (AvgIpc) is 0.841. The van der Waals surface area contributed by atoms with Crippen LogP contribution in [0.3, 0.4) is 0 Å². The molecule has 4 fully saturated rings. The molecule has 0 bridgehead atoms. The van der Waals surface area contributed by atoms with Crippen LogP contribution in [0.15, 0.2) is 146 Å². The molecule has 0 amide bonds. The number of ether oxygens (including phenoxy) is 4. The van der Waals surface area contributed by atoms with Crippen molar-refractivity contribution in [3.8, 4) is 23.0 Å². The van der Waals surface area contributed by atoms with E-state index in [4.69, 9.17) is 10.2 Å². The first kappa shape index (κ1) is 113. The highest BCUT2D eigenvalue weighted by molar-refractivity contribution is 5.87. The second-order valence-electron chi connectivity index (χ2n) is 34.5. The first-order valence-electron chi connectivity index (χ1n) is 47.0. The van der Waals surface area contributed by atoms with E-state index in [1.807, 2.05) is 6.07 Å². The molecule has 0 spiro atoms. The number of nitrogens with one attached hydrogen (secondary N) is 12. The summed E-state index contributed by atoms with van der Waals surface area (Å²) in [6.07, 6.45) is 2.57. The molecular weight excluding hydrogens is 1940 g/mol. The third kappa shape index (κ3) is 39.7. The Morgan fingerprint density at radius 3 is 0.897 bits per heavy atom. The fraction of sp³-hybridized carbons (Fsp3) is 0.484. The van der Waals surface area contributed by atoms with E-state index in [1.54, 1.807) is 42.5 Å². The van der Waals surface area contributed by atoms with Crippen molar-refractivity contribution in [1.82, 2.24) is 61.1 Å². The molecule has 14 N–H and O–H groups in total. The molecule has 5 aromatic carbocycles. The number of anilines is 8. The predicted octanol–water partition coefficient (Wildman–Crippen LogP) is 19.0. The van der Waals surface area contributed by atoms with Gasteiger partial charge in [0.25, 0.3) is 0 Å². The number of halogens is 12. The highest BCUT2D eigenvalue weighted by Gasteiger charge is 2.37. The Morgan fingerprint density at radius 1 is 0.359 bits per heavy atom. The first-order chi connectivity index (χ1) is 69.2. The number of aromatic nitrogens is 8. The number of carboxylic acids is 2. The van der Waals surface area contributed by atoms with Crippen molar-refractivity contribution in [2.75, 3.05) is 88.3 Å². The van der Waals surface area contributed by atoms with Crippen LogP contribution in [0.2, 0.25) is 0 Å². The van der Waals surface area contributed by atoms with Crippen LogP contribution in [0.1, 0.15) is 174 Å². The monoisotopic (exact) mass is 2050 g/mol. The summed E-state index contributed by atoms with van der Waals surface area (Å²) in [5, 5.41) is 101. The lowest BCUT2D eigenvalue weighted by molar-refractivity contribution is -0.384. The predicted molar refractivity (Wildman–Crippen MR) is 511 cm³/mol. The zero-order chi connectivity index (χ0) is 105. The number of rotatable bonds is 46. The number of alkyl halides is 12. The van der Waals surface area contributed by atoms with Gasteiger partial charge < -0.3 is 93.0 Å². The standard InChI is InChI=1S/C27H29F3N6O5.C23H31F3N6O3.C22H27F3N6O5.C21H27F3N6O3/c28-27(29,30)41-23-7-2-1-5-20(23)15-33-26-34-16-22(36(39)40)24(35-26)32-13-17-8-10-21(11-9-17)31-14-18-4-3-6-19(12-18)25(37)38;1-2-3-12-27-18-10-8-16(9-11-18)13-28-21-19(32(33)34)15-30-22(31-21)29-14-17-6-4-5-7-20(17)35-23(24,25)26;23-22(24,25)36-18-4-2-1-3-15(18)12-28-21-29-13-17(31(34)35)20(30-21)27-11-14-5-7-16(8-6-14)26-10-9-19(32)33;1-2-25-16-9-7-14(8-10-16)11-26-19-17(30(31)32)13-28-20(29-19)27-12-15-5-3-4-6-18(15)33-21(22,23)24/h1-7,12,16-17,21,31H,8-11,13-15H2,(H,37,38)(H2,32,33,34,35);4-7,15-16,18,27H,2-3,8-14H2,1H3,(H2,28,29,30,31);1-4,13-14,16,26H,5-12H2,(H,32,33)(H2,27,28,29,30);3-6,13-14,16,25H,2,7-12H2,1H3,(H2,26,27,28,29). The van der Waals surface area contributed by atoms with Gasteiger partial charge in [-0.25, -0.2) is 24.7 Å². The number of nitrogens with zero attached hydrogens (tertiary/aromatic N) is 12. The van der Waals surface area contributed by atoms with E-state index in [-0.39, 0.29) is 177 Å². The molecule has 0 radical (unpaired) electrons. The number of nitro groups is 4. The Bertz CT molecular complexity index is 5660. The van der Waals surface area contributed by atoms with Crippen molar-refractivity contribution < 1.29 is 111 Å². The van der Waals surface area contributed by atoms with Crippen LogP contribution in [-0.2, 0) is 37.5 Å². The zero-order valence-electron chi connectivity index (χ0n) is 78.9. The molecular formula is C93H114F12N24O16. The summed E-state index contributed by atoms with van der Waals surface area (Å²) in [6.45, 7) is 8.86. The van der Waals surface area contributed by atoms with Crippen LogP contribution >= 0.6 is 0 Å². The van der Waals surface area contributed by atoms with Crippen LogP contribution < -0.4 is 82.7 Å². The molecule has 4 aliphatic rings. The van der Waals surface area contributed by atoms with Crippen molar-refractivity contribution in [1.29, 1.82) is 0 Å². The van der Waals surface area contributed by atoms with E-state index in [0.717, 1.165) is 159 Å². The topological polar surface area (TPSA) is 532 Å². The average molecular weight is 2050 g/mol. The Kier molecular flexibility index (Phi) is 43.0. The van der Waals surface area contributed by atoms with E-state index in [9.17, 15) is 103 Å². The fourth-order valence-corrected chi connectivity index (χ4v) is 16.6. The third-order valence-electron chi connectivity index (χ3n) is 24.0. The first-order valence-corrected chi connectivity index (χ1v) is 47.0. The molecule has 9 aromatic rings. The number of carboxylic acid groups (broad SMARTS) is 2. The fourth-order valence-electron chi connectivity index (χ4n) is 16.6. The number of hydrogen-bond acceptors (Lipinski definition) is 34. The van der Waals surface area contributed by atoms with Gasteiger partial charge in [0.15, 0.2) is 0 Å². The smallest absolute Gasteiger partial charge is 0.481 e. The van der Waals surface area contributed by atoms with Gasteiger partial charge in [-0.05, 0) is 188 Å². The Hall–Kier alpha value is -14.4. The lowest BCUT2D eigenvalue weighted by atomic mass is 9.86.